The zero-order valence-electron chi connectivity index (χ0n) is 14.1. The standard InChI is InChI=1S/C16H21N3O5S/c1-11-3-4-15(24-11)12(2)18-16(20)14-9-13(10-17-14)25(21,22)19-5-7-23-8-6-19/h3-4,9-10,12,17H,5-8H2,1-2H3,(H,18,20). The van der Waals surface area contributed by atoms with Crippen LogP contribution in [-0.4, -0.2) is 49.9 Å². The van der Waals surface area contributed by atoms with Gasteiger partial charge in [0.2, 0.25) is 10.0 Å². The summed E-state index contributed by atoms with van der Waals surface area (Å²) in [5.41, 5.74) is 0.182. The molecule has 0 bridgehead atoms. The molecule has 0 aliphatic carbocycles. The summed E-state index contributed by atoms with van der Waals surface area (Å²) in [6, 6.07) is 4.63. The first-order chi connectivity index (χ1) is 11.9. The molecule has 1 aliphatic rings. The fourth-order valence-corrected chi connectivity index (χ4v) is 4.02. The van der Waals surface area contributed by atoms with Gasteiger partial charge in [-0.2, -0.15) is 4.31 Å². The number of nitrogens with zero attached hydrogens (tertiary/aromatic N) is 1. The van der Waals surface area contributed by atoms with Gasteiger partial charge in [0.25, 0.3) is 5.91 Å². The largest absolute Gasteiger partial charge is 0.464 e. The van der Waals surface area contributed by atoms with Crippen LogP contribution in [-0.2, 0) is 14.8 Å². The van der Waals surface area contributed by atoms with E-state index in [4.69, 9.17) is 9.15 Å². The maximum Gasteiger partial charge on any atom is 0.268 e. The molecule has 1 amide bonds. The van der Waals surface area contributed by atoms with Crippen LogP contribution in [0.25, 0.3) is 0 Å². The number of aryl methyl sites for hydroxylation is 1. The second kappa shape index (κ2) is 7.03. The number of ether oxygens (including phenoxy) is 1. The van der Waals surface area contributed by atoms with Crippen LogP contribution < -0.4 is 5.32 Å². The Bertz CT molecular complexity index is 849. The van der Waals surface area contributed by atoms with Gasteiger partial charge < -0.3 is 19.5 Å². The van der Waals surface area contributed by atoms with E-state index in [-0.39, 0.29) is 16.6 Å². The summed E-state index contributed by atoms with van der Waals surface area (Å²) in [6.45, 7) is 4.98. The molecule has 2 aromatic rings. The predicted octanol–water partition coefficient (Wildman–Crippen LogP) is 1.43. The molecule has 8 nitrogen and oxygen atoms in total. The molecular formula is C16H21N3O5S. The number of morpholine rings is 1. The van der Waals surface area contributed by atoms with E-state index in [9.17, 15) is 13.2 Å². The van der Waals surface area contributed by atoms with Gasteiger partial charge in [-0.05, 0) is 32.0 Å². The first kappa shape index (κ1) is 17.7. The molecule has 3 rings (SSSR count). The van der Waals surface area contributed by atoms with Crippen LogP contribution in [0.5, 0.6) is 0 Å². The molecule has 25 heavy (non-hydrogen) atoms. The Labute approximate surface area is 146 Å². The molecule has 1 atom stereocenters. The molecule has 1 fully saturated rings. The minimum Gasteiger partial charge on any atom is -0.464 e. The molecule has 2 aromatic heterocycles. The Morgan fingerprint density at radius 1 is 1.32 bits per heavy atom. The van der Waals surface area contributed by atoms with Crippen molar-refractivity contribution in [3.63, 3.8) is 0 Å². The fourth-order valence-electron chi connectivity index (χ4n) is 2.62. The quantitative estimate of drug-likeness (QED) is 0.832. The maximum absolute atomic E-state index is 12.6. The average Bonchev–Trinajstić information content (AvgIpc) is 3.25. The number of nitrogens with one attached hydrogen (secondary N) is 2. The van der Waals surface area contributed by atoms with Crippen molar-refractivity contribution in [2.75, 3.05) is 26.3 Å². The molecule has 1 aliphatic heterocycles. The Morgan fingerprint density at radius 2 is 2.04 bits per heavy atom. The third-order valence-electron chi connectivity index (χ3n) is 4.04. The molecule has 1 unspecified atom stereocenters. The van der Waals surface area contributed by atoms with Crippen molar-refractivity contribution in [1.29, 1.82) is 0 Å². The fraction of sp³-hybridized carbons (Fsp3) is 0.438. The molecule has 1 saturated heterocycles. The summed E-state index contributed by atoms with van der Waals surface area (Å²) in [4.78, 5) is 15.1. The third kappa shape index (κ3) is 3.78. The van der Waals surface area contributed by atoms with Crippen LogP contribution in [0.3, 0.4) is 0 Å². The summed E-state index contributed by atoms with van der Waals surface area (Å²) in [5, 5.41) is 2.78. The summed E-state index contributed by atoms with van der Waals surface area (Å²) < 4.78 is 37.2. The normalized spacial score (nSPS) is 17.4. The topological polar surface area (TPSA) is 105 Å². The second-order valence-electron chi connectivity index (χ2n) is 5.91. The number of carbonyl (C=O) groups excluding carboxylic acids is 1. The van der Waals surface area contributed by atoms with E-state index in [1.54, 1.807) is 13.0 Å². The van der Waals surface area contributed by atoms with Crippen molar-refractivity contribution in [2.45, 2.75) is 24.8 Å². The Kier molecular flexibility index (Phi) is 4.98. The number of amides is 1. The van der Waals surface area contributed by atoms with Crippen molar-refractivity contribution in [3.8, 4) is 0 Å². The highest BCUT2D eigenvalue weighted by Gasteiger charge is 2.28. The van der Waals surface area contributed by atoms with Gasteiger partial charge in [0.05, 0.1) is 19.3 Å². The lowest BCUT2D eigenvalue weighted by molar-refractivity contribution is 0.0730. The van der Waals surface area contributed by atoms with Crippen molar-refractivity contribution in [2.24, 2.45) is 0 Å². The lowest BCUT2D eigenvalue weighted by Crippen LogP contribution is -2.40. The summed E-state index contributed by atoms with van der Waals surface area (Å²) in [7, 11) is -3.63. The first-order valence-electron chi connectivity index (χ1n) is 8.01. The van der Waals surface area contributed by atoms with Gasteiger partial charge in [-0.15, -0.1) is 0 Å². The van der Waals surface area contributed by atoms with Gasteiger partial charge in [-0.25, -0.2) is 8.42 Å². The van der Waals surface area contributed by atoms with E-state index in [1.807, 2.05) is 13.0 Å². The van der Waals surface area contributed by atoms with Gasteiger partial charge in [0, 0.05) is 19.3 Å². The summed E-state index contributed by atoms with van der Waals surface area (Å²) >= 11 is 0. The van der Waals surface area contributed by atoms with Crippen LogP contribution in [0.4, 0.5) is 0 Å². The molecular weight excluding hydrogens is 346 g/mol. The molecule has 136 valence electrons. The number of sulfonamides is 1. The summed E-state index contributed by atoms with van der Waals surface area (Å²) in [6.07, 6.45) is 1.33. The van der Waals surface area contributed by atoms with Crippen LogP contribution in [0.1, 0.15) is 35.0 Å². The highest BCUT2D eigenvalue weighted by molar-refractivity contribution is 7.89. The van der Waals surface area contributed by atoms with Crippen LogP contribution in [0, 0.1) is 6.92 Å². The predicted molar refractivity (Wildman–Crippen MR) is 89.7 cm³/mol. The molecule has 0 aromatic carbocycles. The maximum atomic E-state index is 12.6. The van der Waals surface area contributed by atoms with Gasteiger partial charge in [0.1, 0.15) is 22.1 Å². The molecule has 0 spiro atoms. The molecule has 0 saturated carbocycles. The van der Waals surface area contributed by atoms with E-state index in [1.165, 1.54) is 16.6 Å². The SMILES string of the molecule is Cc1ccc(C(C)NC(=O)c2cc(S(=O)(=O)N3CCOCC3)c[nH]2)o1. The minimum absolute atomic E-state index is 0.0704. The number of aromatic amines is 1. The number of aromatic nitrogens is 1. The number of rotatable bonds is 5. The van der Waals surface area contributed by atoms with Crippen molar-refractivity contribution in [3.05, 3.63) is 41.6 Å². The average molecular weight is 367 g/mol. The second-order valence-corrected chi connectivity index (χ2v) is 7.85. The Balaban J connectivity index is 1.71. The van der Waals surface area contributed by atoms with Gasteiger partial charge in [0.15, 0.2) is 0 Å². The van der Waals surface area contributed by atoms with Gasteiger partial charge >= 0.3 is 0 Å². The van der Waals surface area contributed by atoms with E-state index in [0.29, 0.717) is 32.1 Å². The van der Waals surface area contributed by atoms with E-state index >= 15 is 0 Å². The number of carbonyl (C=O) groups is 1. The molecule has 2 N–H and O–H groups in total. The third-order valence-corrected chi connectivity index (χ3v) is 5.92. The molecule has 9 heteroatoms. The van der Waals surface area contributed by atoms with Gasteiger partial charge in [-0.1, -0.05) is 0 Å². The zero-order valence-corrected chi connectivity index (χ0v) is 14.9. The van der Waals surface area contributed by atoms with Crippen LogP contribution in [0.2, 0.25) is 0 Å². The Hall–Kier alpha value is -2.10. The van der Waals surface area contributed by atoms with Gasteiger partial charge in [-0.3, -0.25) is 4.79 Å². The number of furan rings is 1. The van der Waals surface area contributed by atoms with E-state index < -0.39 is 15.9 Å². The first-order valence-corrected chi connectivity index (χ1v) is 9.45. The highest BCUT2D eigenvalue weighted by atomic mass is 32.2. The van der Waals surface area contributed by atoms with Crippen molar-refractivity contribution < 1.29 is 22.4 Å². The Morgan fingerprint density at radius 3 is 2.68 bits per heavy atom. The number of hydrogen-bond donors (Lipinski definition) is 2. The number of hydrogen-bond acceptors (Lipinski definition) is 5. The van der Waals surface area contributed by atoms with E-state index in [2.05, 4.69) is 10.3 Å². The van der Waals surface area contributed by atoms with Crippen molar-refractivity contribution in [1.82, 2.24) is 14.6 Å². The van der Waals surface area contributed by atoms with E-state index in [0.717, 1.165) is 5.76 Å². The monoisotopic (exact) mass is 367 g/mol. The minimum atomic E-state index is -3.63. The lowest BCUT2D eigenvalue weighted by Gasteiger charge is -2.25. The molecule has 3 heterocycles. The number of H-pyrrole nitrogens is 1. The summed E-state index contributed by atoms with van der Waals surface area (Å²) in [5.74, 6) is 0.999. The lowest BCUT2D eigenvalue weighted by atomic mass is 10.2. The van der Waals surface area contributed by atoms with Crippen LogP contribution >= 0.6 is 0 Å². The highest BCUT2D eigenvalue weighted by Crippen LogP contribution is 2.19. The molecule has 0 radical (unpaired) electrons. The zero-order chi connectivity index (χ0) is 18.0. The van der Waals surface area contributed by atoms with Crippen molar-refractivity contribution >= 4 is 15.9 Å². The smallest absolute Gasteiger partial charge is 0.268 e. The van der Waals surface area contributed by atoms with Crippen LogP contribution in [0.15, 0.2) is 33.7 Å².